The highest BCUT2D eigenvalue weighted by Crippen LogP contribution is 2.29. The van der Waals surface area contributed by atoms with Gasteiger partial charge in [-0.05, 0) is 59.8 Å². The van der Waals surface area contributed by atoms with Gasteiger partial charge in [-0.15, -0.1) is 11.3 Å². The third-order valence-electron chi connectivity index (χ3n) is 6.89. The van der Waals surface area contributed by atoms with Crippen molar-refractivity contribution in [2.75, 3.05) is 6.61 Å². The maximum Gasteiger partial charge on any atom is 0.335 e. The van der Waals surface area contributed by atoms with Crippen LogP contribution in [-0.4, -0.2) is 38.3 Å². The molecule has 3 aromatic heterocycles. The van der Waals surface area contributed by atoms with Crippen molar-refractivity contribution in [1.82, 2.24) is 14.5 Å². The summed E-state index contributed by atoms with van der Waals surface area (Å²) in [5.74, 6) is -1.62. The van der Waals surface area contributed by atoms with E-state index < -0.39 is 17.6 Å². The van der Waals surface area contributed by atoms with Gasteiger partial charge < -0.3 is 19.1 Å². The molecular formula is C30H22F2N4O4S. The number of aromatic carboxylic acids is 1. The van der Waals surface area contributed by atoms with Gasteiger partial charge in [0.15, 0.2) is 0 Å². The molecule has 41 heavy (non-hydrogen) atoms. The molecule has 0 radical (unpaired) electrons. The summed E-state index contributed by atoms with van der Waals surface area (Å²) in [4.78, 5) is 21.1. The van der Waals surface area contributed by atoms with Crippen molar-refractivity contribution in [2.24, 2.45) is 0 Å². The fourth-order valence-electron chi connectivity index (χ4n) is 4.68. The molecule has 5 aromatic rings. The second-order valence-corrected chi connectivity index (χ2v) is 10.5. The third kappa shape index (κ3) is 5.52. The smallest absolute Gasteiger partial charge is 0.335 e. The number of carbonyl (C=O) groups is 1. The van der Waals surface area contributed by atoms with Crippen LogP contribution >= 0.6 is 11.3 Å². The molecule has 4 heterocycles. The lowest BCUT2D eigenvalue weighted by atomic mass is 10.0. The van der Waals surface area contributed by atoms with Crippen molar-refractivity contribution >= 4 is 28.3 Å². The van der Waals surface area contributed by atoms with E-state index in [1.54, 1.807) is 30.3 Å². The second-order valence-electron chi connectivity index (χ2n) is 9.61. The van der Waals surface area contributed by atoms with Gasteiger partial charge in [-0.2, -0.15) is 5.26 Å². The Morgan fingerprint density at radius 3 is 2.76 bits per heavy atom. The molecule has 1 fully saturated rings. The molecule has 6 rings (SSSR count). The first-order chi connectivity index (χ1) is 19.9. The van der Waals surface area contributed by atoms with Crippen molar-refractivity contribution in [1.29, 1.82) is 5.26 Å². The van der Waals surface area contributed by atoms with Gasteiger partial charge in [0, 0.05) is 30.2 Å². The molecule has 1 aliphatic heterocycles. The average molecular weight is 573 g/mol. The number of carboxylic acids is 1. The van der Waals surface area contributed by atoms with E-state index in [1.807, 2.05) is 9.95 Å². The quantitative estimate of drug-likeness (QED) is 0.232. The van der Waals surface area contributed by atoms with Gasteiger partial charge in [0.1, 0.15) is 35.0 Å². The Hall–Kier alpha value is -4.66. The number of nitrogens with zero attached hydrogens (tertiary/aromatic N) is 4. The predicted molar refractivity (Wildman–Crippen MR) is 147 cm³/mol. The first-order valence-corrected chi connectivity index (χ1v) is 13.7. The van der Waals surface area contributed by atoms with Crippen LogP contribution < -0.4 is 4.74 Å². The van der Waals surface area contributed by atoms with Crippen LogP contribution in [-0.2, 0) is 24.3 Å². The molecule has 1 aliphatic rings. The Morgan fingerprint density at radius 2 is 2.02 bits per heavy atom. The zero-order chi connectivity index (χ0) is 28.5. The largest absolute Gasteiger partial charge is 0.478 e. The fraction of sp³-hybridized carbons (Fsp3) is 0.200. The van der Waals surface area contributed by atoms with Crippen LogP contribution in [0.25, 0.3) is 22.3 Å². The summed E-state index contributed by atoms with van der Waals surface area (Å²) >= 11 is 1.31. The van der Waals surface area contributed by atoms with Gasteiger partial charge in [-0.25, -0.2) is 23.5 Å². The monoisotopic (exact) mass is 572 g/mol. The number of fused-ring (bicyclic) bond motifs is 1. The Kier molecular flexibility index (Phi) is 7.17. The van der Waals surface area contributed by atoms with Gasteiger partial charge in [0.25, 0.3) is 0 Å². The second kappa shape index (κ2) is 11.1. The summed E-state index contributed by atoms with van der Waals surface area (Å²) < 4.78 is 43.9. The molecule has 1 saturated heterocycles. The Balaban J connectivity index is 1.27. The molecule has 0 unspecified atom stereocenters. The van der Waals surface area contributed by atoms with Gasteiger partial charge in [-0.3, -0.25) is 0 Å². The number of aromatic nitrogens is 3. The summed E-state index contributed by atoms with van der Waals surface area (Å²) in [5.41, 5.74) is 2.39. The van der Waals surface area contributed by atoms with E-state index in [2.05, 4.69) is 16.0 Å². The first-order valence-electron chi connectivity index (χ1n) is 12.8. The van der Waals surface area contributed by atoms with Crippen LogP contribution in [0.3, 0.4) is 0 Å². The minimum atomic E-state index is -1.06. The lowest BCUT2D eigenvalue weighted by Crippen LogP contribution is -2.31. The van der Waals surface area contributed by atoms with Gasteiger partial charge in [0.05, 0.1) is 34.9 Å². The van der Waals surface area contributed by atoms with Gasteiger partial charge in [-0.1, -0.05) is 6.07 Å². The highest BCUT2D eigenvalue weighted by atomic mass is 32.1. The molecule has 0 aliphatic carbocycles. The van der Waals surface area contributed by atoms with E-state index >= 15 is 8.78 Å². The summed E-state index contributed by atoms with van der Waals surface area (Å²) in [6, 6.07) is 15.5. The molecule has 0 amide bonds. The highest BCUT2D eigenvalue weighted by Gasteiger charge is 2.23. The molecule has 0 spiro atoms. The maximum atomic E-state index is 15.4. The lowest BCUT2D eigenvalue weighted by molar-refractivity contribution is -0.0589. The number of carboxylic acid groups (broad SMARTS) is 1. The molecule has 1 N–H and O–H groups in total. The molecular weight excluding hydrogens is 550 g/mol. The standard InChI is InChI=1S/C30H22F2N4O4S/c31-23-12-22(25-2-1-3-29(35-25)40-15-17-8-21(13-33)41-16-17)24(32)9-19(23)11-28-34-26-5-4-18(30(37)38)10-27(26)36(28)14-20-6-7-39-20/h1-5,8-10,12,16,20H,6-7,11,14-15H2,(H,37,38)/t20-/m0/s1. The van der Waals surface area contributed by atoms with Crippen LogP contribution in [0.2, 0.25) is 0 Å². The zero-order valence-corrected chi connectivity index (χ0v) is 22.3. The normalized spacial score (nSPS) is 14.5. The van der Waals surface area contributed by atoms with Crippen LogP contribution in [0.5, 0.6) is 5.88 Å². The molecule has 0 bridgehead atoms. The molecule has 0 saturated carbocycles. The van der Waals surface area contributed by atoms with Crippen molar-refractivity contribution in [3.05, 3.63) is 99.0 Å². The van der Waals surface area contributed by atoms with Crippen LogP contribution in [0.15, 0.2) is 60.0 Å². The van der Waals surface area contributed by atoms with Crippen molar-refractivity contribution in [3.8, 4) is 23.2 Å². The Labute approximate surface area is 237 Å². The van der Waals surface area contributed by atoms with Crippen molar-refractivity contribution in [2.45, 2.75) is 32.1 Å². The van der Waals surface area contributed by atoms with E-state index in [0.29, 0.717) is 34.9 Å². The molecule has 206 valence electrons. The van der Waals surface area contributed by atoms with Gasteiger partial charge >= 0.3 is 5.97 Å². The van der Waals surface area contributed by atoms with Crippen LogP contribution in [0, 0.1) is 23.0 Å². The SMILES string of the molecule is N#Cc1cc(COc2cccc(-c3cc(F)c(Cc4nc5ccc(C(=O)O)cc5n4C[C@@H]4CCO4)cc3F)n2)cs1. The molecule has 1 atom stereocenters. The number of imidazole rings is 1. The van der Waals surface area contributed by atoms with E-state index in [1.165, 1.54) is 23.5 Å². The van der Waals surface area contributed by atoms with E-state index in [-0.39, 0.29) is 47.4 Å². The molecule has 2 aromatic carbocycles. The van der Waals surface area contributed by atoms with Crippen molar-refractivity contribution < 1.29 is 28.2 Å². The van der Waals surface area contributed by atoms with Crippen LogP contribution in [0.4, 0.5) is 8.78 Å². The Morgan fingerprint density at radius 1 is 1.17 bits per heavy atom. The highest BCUT2D eigenvalue weighted by molar-refractivity contribution is 7.10. The number of nitriles is 1. The van der Waals surface area contributed by atoms with Crippen LogP contribution in [0.1, 0.15) is 38.6 Å². The maximum absolute atomic E-state index is 15.4. The first kappa shape index (κ1) is 26.6. The summed E-state index contributed by atoms with van der Waals surface area (Å²) in [5, 5.41) is 20.2. The molecule has 11 heteroatoms. The number of rotatable bonds is 9. The van der Waals surface area contributed by atoms with Gasteiger partial charge in [0.2, 0.25) is 5.88 Å². The third-order valence-corrected chi connectivity index (χ3v) is 7.77. The average Bonchev–Trinajstić information content (AvgIpc) is 3.55. The predicted octanol–water partition coefficient (Wildman–Crippen LogP) is 5.97. The lowest BCUT2D eigenvalue weighted by Gasteiger charge is -2.27. The number of benzene rings is 2. The number of ether oxygens (including phenoxy) is 2. The number of hydrogen-bond acceptors (Lipinski definition) is 7. The summed E-state index contributed by atoms with van der Waals surface area (Å²) in [6.45, 7) is 1.26. The topological polar surface area (TPSA) is 110 Å². The minimum absolute atomic E-state index is 0.00521. The van der Waals surface area contributed by atoms with Crippen molar-refractivity contribution in [3.63, 3.8) is 0 Å². The van der Waals surface area contributed by atoms with E-state index in [9.17, 15) is 9.90 Å². The Bertz CT molecular complexity index is 1820. The number of halogens is 2. The number of hydrogen-bond donors (Lipinski definition) is 1. The summed E-state index contributed by atoms with van der Waals surface area (Å²) in [6.07, 6.45) is 0.783. The fourth-order valence-corrected chi connectivity index (χ4v) is 5.37. The zero-order valence-electron chi connectivity index (χ0n) is 21.5. The summed E-state index contributed by atoms with van der Waals surface area (Å²) in [7, 11) is 0. The minimum Gasteiger partial charge on any atom is -0.478 e. The number of thiophene rings is 1. The van der Waals surface area contributed by atoms with E-state index in [0.717, 1.165) is 24.1 Å². The molecule has 8 nitrogen and oxygen atoms in total. The number of pyridine rings is 1. The van der Waals surface area contributed by atoms with E-state index in [4.69, 9.17) is 14.7 Å².